The third kappa shape index (κ3) is 4.30. The molecule has 21 heavy (non-hydrogen) atoms. The Bertz CT molecular complexity index is 644. The molecule has 2 rings (SSSR count). The van der Waals surface area contributed by atoms with Gasteiger partial charge in [-0.3, -0.25) is 10.1 Å². The summed E-state index contributed by atoms with van der Waals surface area (Å²) in [4.78, 5) is 12.2. The van der Waals surface area contributed by atoms with Crippen molar-refractivity contribution < 1.29 is 13.9 Å². The topological polar surface area (TPSA) is 63.5 Å². The Kier molecular flexibility index (Phi) is 5.35. The van der Waals surface area contributed by atoms with Crippen molar-refractivity contribution in [3.8, 4) is 5.75 Å². The van der Waals surface area contributed by atoms with E-state index in [1.54, 1.807) is 30.5 Å². The van der Waals surface area contributed by atoms with E-state index in [-0.39, 0.29) is 11.0 Å². The molecular weight excluding hydrogens is 356 g/mol. The fraction of sp³-hybridized carbons (Fsp3) is 0.143. The first-order chi connectivity index (χ1) is 10.1. The van der Waals surface area contributed by atoms with E-state index in [1.165, 1.54) is 7.11 Å². The number of rotatable bonds is 4. The molecule has 0 saturated heterocycles. The molecule has 0 atom stereocenters. The second-order valence-electron chi connectivity index (χ2n) is 4.06. The fourth-order valence-corrected chi connectivity index (χ4v) is 2.18. The smallest absolute Gasteiger partial charge is 0.261 e. The number of thiocarbonyl (C=S) groups is 1. The highest BCUT2D eigenvalue weighted by Gasteiger charge is 2.14. The monoisotopic (exact) mass is 368 g/mol. The molecule has 0 aliphatic heterocycles. The van der Waals surface area contributed by atoms with Gasteiger partial charge in [-0.05, 0) is 42.5 Å². The van der Waals surface area contributed by atoms with E-state index in [2.05, 4.69) is 26.6 Å². The van der Waals surface area contributed by atoms with E-state index in [9.17, 15) is 4.79 Å². The van der Waals surface area contributed by atoms with Crippen LogP contribution in [0.2, 0.25) is 0 Å². The number of amides is 1. The van der Waals surface area contributed by atoms with Crippen LogP contribution in [0.4, 0.5) is 0 Å². The number of hydrogen-bond acceptors (Lipinski definition) is 4. The first-order valence-corrected chi connectivity index (χ1v) is 7.25. The lowest BCUT2D eigenvalue weighted by molar-refractivity contribution is 0.0973. The Morgan fingerprint density at radius 3 is 2.90 bits per heavy atom. The molecule has 7 heteroatoms. The fourth-order valence-electron chi connectivity index (χ4n) is 1.65. The standard InChI is InChI=1S/C14H13BrN2O3S/c1-19-12-5-4-9(15)7-11(12)13(18)17-14(21)16-8-10-3-2-6-20-10/h2-7H,8H2,1H3,(H2,16,17,18,21). The minimum absolute atomic E-state index is 0.221. The molecule has 0 radical (unpaired) electrons. The molecule has 110 valence electrons. The summed E-state index contributed by atoms with van der Waals surface area (Å²) in [5.41, 5.74) is 0.397. The number of ether oxygens (including phenoxy) is 1. The molecule has 0 spiro atoms. The minimum atomic E-state index is -0.343. The first kappa shape index (κ1) is 15.5. The van der Waals surface area contributed by atoms with Crippen molar-refractivity contribution in [2.24, 2.45) is 0 Å². The summed E-state index contributed by atoms with van der Waals surface area (Å²) < 4.78 is 11.1. The predicted molar refractivity (Wildman–Crippen MR) is 86.3 cm³/mol. The molecule has 0 fully saturated rings. The Hall–Kier alpha value is -1.86. The van der Waals surface area contributed by atoms with Crippen LogP contribution in [0, 0.1) is 0 Å². The maximum atomic E-state index is 12.2. The summed E-state index contributed by atoms with van der Waals surface area (Å²) in [6, 6.07) is 8.77. The summed E-state index contributed by atoms with van der Waals surface area (Å²) in [6.07, 6.45) is 1.57. The first-order valence-electron chi connectivity index (χ1n) is 6.05. The lowest BCUT2D eigenvalue weighted by atomic mass is 10.2. The van der Waals surface area contributed by atoms with Crippen molar-refractivity contribution in [1.29, 1.82) is 0 Å². The average Bonchev–Trinajstić information content (AvgIpc) is 2.98. The van der Waals surface area contributed by atoms with Crippen LogP contribution in [0.5, 0.6) is 5.75 Å². The van der Waals surface area contributed by atoms with Gasteiger partial charge < -0.3 is 14.5 Å². The van der Waals surface area contributed by atoms with Crippen LogP contribution in [-0.2, 0) is 6.54 Å². The molecular formula is C14H13BrN2O3S. The van der Waals surface area contributed by atoms with Gasteiger partial charge in [0.15, 0.2) is 5.11 Å². The Morgan fingerprint density at radius 1 is 1.43 bits per heavy atom. The lowest BCUT2D eigenvalue weighted by Gasteiger charge is -2.11. The molecule has 2 aromatic rings. The number of carbonyl (C=O) groups excluding carboxylic acids is 1. The van der Waals surface area contributed by atoms with Crippen LogP contribution in [0.1, 0.15) is 16.1 Å². The van der Waals surface area contributed by atoms with E-state index in [1.807, 2.05) is 6.07 Å². The zero-order chi connectivity index (χ0) is 15.2. The number of halogens is 1. The Morgan fingerprint density at radius 2 is 2.24 bits per heavy atom. The van der Waals surface area contributed by atoms with E-state index < -0.39 is 0 Å². The predicted octanol–water partition coefficient (Wildman–Crippen LogP) is 2.86. The maximum Gasteiger partial charge on any atom is 0.261 e. The SMILES string of the molecule is COc1ccc(Br)cc1C(=O)NC(=S)NCc1ccco1. The van der Waals surface area contributed by atoms with Crippen LogP contribution in [-0.4, -0.2) is 18.1 Å². The lowest BCUT2D eigenvalue weighted by Crippen LogP contribution is -2.38. The summed E-state index contributed by atoms with van der Waals surface area (Å²) in [6.45, 7) is 0.404. The molecule has 1 amide bonds. The highest BCUT2D eigenvalue weighted by Crippen LogP contribution is 2.22. The molecule has 1 aromatic carbocycles. The van der Waals surface area contributed by atoms with Gasteiger partial charge in [-0.2, -0.15) is 0 Å². The van der Waals surface area contributed by atoms with E-state index in [0.29, 0.717) is 17.9 Å². The van der Waals surface area contributed by atoms with Crippen LogP contribution in [0.3, 0.4) is 0 Å². The van der Waals surface area contributed by atoms with Crippen LogP contribution < -0.4 is 15.4 Å². The van der Waals surface area contributed by atoms with Gasteiger partial charge in [-0.1, -0.05) is 15.9 Å². The van der Waals surface area contributed by atoms with Crippen molar-refractivity contribution >= 4 is 39.2 Å². The van der Waals surface area contributed by atoms with Crippen molar-refractivity contribution in [3.05, 3.63) is 52.4 Å². The van der Waals surface area contributed by atoms with Gasteiger partial charge in [-0.15, -0.1) is 0 Å². The average molecular weight is 369 g/mol. The van der Waals surface area contributed by atoms with Crippen molar-refractivity contribution in [2.75, 3.05) is 7.11 Å². The zero-order valence-corrected chi connectivity index (χ0v) is 13.6. The number of benzene rings is 1. The van der Waals surface area contributed by atoms with Gasteiger partial charge in [-0.25, -0.2) is 0 Å². The molecule has 2 N–H and O–H groups in total. The number of carbonyl (C=O) groups is 1. The molecule has 5 nitrogen and oxygen atoms in total. The highest BCUT2D eigenvalue weighted by molar-refractivity contribution is 9.10. The third-order valence-electron chi connectivity index (χ3n) is 2.64. The van der Waals surface area contributed by atoms with Crippen LogP contribution in [0.15, 0.2) is 45.5 Å². The minimum Gasteiger partial charge on any atom is -0.496 e. The molecule has 0 unspecified atom stereocenters. The normalized spacial score (nSPS) is 10.0. The number of hydrogen-bond donors (Lipinski definition) is 2. The van der Waals surface area contributed by atoms with E-state index >= 15 is 0 Å². The van der Waals surface area contributed by atoms with Crippen LogP contribution in [0.25, 0.3) is 0 Å². The number of furan rings is 1. The Labute approximate surface area is 135 Å². The summed E-state index contributed by atoms with van der Waals surface area (Å²) in [7, 11) is 1.51. The molecule has 1 aromatic heterocycles. The van der Waals surface area contributed by atoms with E-state index in [0.717, 1.165) is 10.2 Å². The van der Waals surface area contributed by atoms with Gasteiger partial charge in [0, 0.05) is 4.47 Å². The summed E-state index contributed by atoms with van der Waals surface area (Å²) in [5, 5.41) is 5.71. The van der Waals surface area contributed by atoms with Gasteiger partial charge in [0.25, 0.3) is 5.91 Å². The highest BCUT2D eigenvalue weighted by atomic mass is 79.9. The summed E-state index contributed by atoms with van der Waals surface area (Å²) >= 11 is 8.40. The van der Waals surface area contributed by atoms with Gasteiger partial charge in [0.2, 0.25) is 0 Å². The molecule has 0 aliphatic rings. The second-order valence-corrected chi connectivity index (χ2v) is 5.38. The molecule has 1 heterocycles. The molecule has 0 bridgehead atoms. The number of nitrogens with one attached hydrogen (secondary N) is 2. The third-order valence-corrected chi connectivity index (χ3v) is 3.38. The van der Waals surface area contributed by atoms with Crippen molar-refractivity contribution in [3.63, 3.8) is 0 Å². The largest absolute Gasteiger partial charge is 0.496 e. The van der Waals surface area contributed by atoms with Gasteiger partial charge in [0.1, 0.15) is 11.5 Å². The second kappa shape index (κ2) is 7.24. The quantitative estimate of drug-likeness (QED) is 0.812. The zero-order valence-electron chi connectivity index (χ0n) is 11.2. The van der Waals surface area contributed by atoms with E-state index in [4.69, 9.17) is 21.4 Å². The van der Waals surface area contributed by atoms with Crippen molar-refractivity contribution in [2.45, 2.75) is 6.54 Å². The number of methoxy groups -OCH3 is 1. The van der Waals surface area contributed by atoms with Gasteiger partial charge in [0.05, 0.1) is 25.5 Å². The summed E-state index contributed by atoms with van der Waals surface area (Å²) in [5.74, 6) is 0.862. The molecule has 0 aliphatic carbocycles. The van der Waals surface area contributed by atoms with Gasteiger partial charge >= 0.3 is 0 Å². The Balaban J connectivity index is 1.97. The maximum absolute atomic E-state index is 12.2. The van der Waals surface area contributed by atoms with Crippen molar-refractivity contribution in [1.82, 2.24) is 10.6 Å². The van der Waals surface area contributed by atoms with Crippen LogP contribution >= 0.6 is 28.1 Å². The molecule has 0 saturated carbocycles.